The van der Waals surface area contributed by atoms with E-state index in [1.807, 2.05) is 36.5 Å². The maximum absolute atomic E-state index is 4.33. The van der Waals surface area contributed by atoms with Gasteiger partial charge in [0, 0.05) is 29.0 Å². The molecule has 0 radical (unpaired) electrons. The predicted molar refractivity (Wildman–Crippen MR) is 65.6 cm³/mol. The molecule has 15 heavy (non-hydrogen) atoms. The van der Waals surface area contributed by atoms with Gasteiger partial charge in [0.05, 0.1) is 0 Å². The van der Waals surface area contributed by atoms with Crippen molar-refractivity contribution in [3.05, 3.63) is 53.8 Å². The molecule has 1 aromatic heterocycles. The van der Waals surface area contributed by atoms with Crippen LogP contribution in [-0.4, -0.2) is 9.55 Å². The fourth-order valence-electron chi connectivity index (χ4n) is 1.45. The number of rotatable bonds is 3. The molecule has 0 spiro atoms. The zero-order valence-corrected chi connectivity index (χ0v) is 9.81. The van der Waals surface area contributed by atoms with Crippen LogP contribution in [-0.2, 0) is 6.54 Å². The van der Waals surface area contributed by atoms with Gasteiger partial charge in [-0.15, -0.1) is 6.58 Å². The van der Waals surface area contributed by atoms with Crippen molar-refractivity contribution in [3.8, 4) is 11.4 Å². The van der Waals surface area contributed by atoms with E-state index in [4.69, 9.17) is 0 Å². The summed E-state index contributed by atoms with van der Waals surface area (Å²) in [6, 6.07) is 8.13. The lowest BCUT2D eigenvalue weighted by atomic mass is 10.2. The van der Waals surface area contributed by atoms with Crippen molar-refractivity contribution in [1.82, 2.24) is 9.55 Å². The van der Waals surface area contributed by atoms with E-state index in [-0.39, 0.29) is 0 Å². The average molecular weight is 263 g/mol. The van der Waals surface area contributed by atoms with Crippen molar-refractivity contribution in [2.75, 3.05) is 0 Å². The van der Waals surface area contributed by atoms with Gasteiger partial charge in [0.15, 0.2) is 0 Å². The van der Waals surface area contributed by atoms with Crippen molar-refractivity contribution in [1.29, 1.82) is 0 Å². The average Bonchev–Trinajstić information content (AvgIpc) is 2.68. The molecule has 0 fully saturated rings. The van der Waals surface area contributed by atoms with Crippen molar-refractivity contribution < 1.29 is 0 Å². The minimum absolute atomic E-state index is 0.783. The molecular weight excluding hydrogens is 252 g/mol. The molecule has 0 atom stereocenters. The molecule has 0 bridgehead atoms. The van der Waals surface area contributed by atoms with Crippen LogP contribution in [0, 0.1) is 0 Å². The van der Waals surface area contributed by atoms with E-state index >= 15 is 0 Å². The van der Waals surface area contributed by atoms with Crippen molar-refractivity contribution in [2.45, 2.75) is 6.54 Å². The third kappa shape index (κ3) is 2.18. The highest BCUT2D eigenvalue weighted by Crippen LogP contribution is 2.20. The Kier molecular flexibility index (Phi) is 3.02. The number of halogens is 1. The second-order valence-electron chi connectivity index (χ2n) is 3.20. The minimum atomic E-state index is 0.783. The zero-order chi connectivity index (χ0) is 10.7. The van der Waals surface area contributed by atoms with E-state index in [1.165, 1.54) is 0 Å². The Balaban J connectivity index is 2.40. The summed E-state index contributed by atoms with van der Waals surface area (Å²) in [7, 11) is 0. The Morgan fingerprint density at radius 1 is 1.33 bits per heavy atom. The highest BCUT2D eigenvalue weighted by atomic mass is 79.9. The van der Waals surface area contributed by atoms with E-state index in [2.05, 4.69) is 32.1 Å². The highest BCUT2D eigenvalue weighted by Gasteiger charge is 2.03. The lowest BCUT2D eigenvalue weighted by Crippen LogP contribution is -1.96. The first-order chi connectivity index (χ1) is 7.31. The maximum Gasteiger partial charge on any atom is 0.140 e. The Labute approximate surface area is 97.4 Å². The van der Waals surface area contributed by atoms with Gasteiger partial charge in [0.1, 0.15) is 5.82 Å². The molecule has 2 nitrogen and oxygen atoms in total. The van der Waals surface area contributed by atoms with Gasteiger partial charge in [-0.25, -0.2) is 4.98 Å². The summed E-state index contributed by atoms with van der Waals surface area (Å²) in [6.45, 7) is 4.51. The van der Waals surface area contributed by atoms with Crippen LogP contribution in [0.3, 0.4) is 0 Å². The van der Waals surface area contributed by atoms with Gasteiger partial charge in [-0.2, -0.15) is 0 Å². The summed E-state index contributed by atoms with van der Waals surface area (Å²) in [6.07, 6.45) is 5.63. The van der Waals surface area contributed by atoms with Crippen LogP contribution >= 0.6 is 15.9 Å². The van der Waals surface area contributed by atoms with Crippen molar-refractivity contribution in [2.24, 2.45) is 0 Å². The molecular formula is C12H11BrN2. The third-order valence-electron chi connectivity index (χ3n) is 2.14. The lowest BCUT2D eigenvalue weighted by molar-refractivity contribution is 0.832. The number of benzene rings is 1. The summed E-state index contributed by atoms with van der Waals surface area (Å²) < 4.78 is 3.14. The second kappa shape index (κ2) is 4.45. The molecule has 2 aromatic rings. The number of aromatic nitrogens is 2. The monoisotopic (exact) mass is 262 g/mol. The van der Waals surface area contributed by atoms with E-state index in [1.54, 1.807) is 6.20 Å². The normalized spacial score (nSPS) is 10.2. The highest BCUT2D eigenvalue weighted by molar-refractivity contribution is 9.10. The molecule has 0 unspecified atom stereocenters. The quantitative estimate of drug-likeness (QED) is 0.775. The minimum Gasteiger partial charge on any atom is -0.327 e. The van der Waals surface area contributed by atoms with Crippen LogP contribution in [0.2, 0.25) is 0 Å². The van der Waals surface area contributed by atoms with Gasteiger partial charge < -0.3 is 4.57 Å². The molecule has 0 aliphatic carbocycles. The number of nitrogens with zero attached hydrogens (tertiary/aromatic N) is 2. The topological polar surface area (TPSA) is 17.8 Å². The predicted octanol–water partition coefficient (Wildman–Crippen LogP) is 3.50. The first kappa shape index (κ1) is 10.2. The van der Waals surface area contributed by atoms with Gasteiger partial charge in [0.25, 0.3) is 0 Å². The number of allylic oxidation sites excluding steroid dienone is 1. The van der Waals surface area contributed by atoms with Crippen molar-refractivity contribution >= 4 is 15.9 Å². The fraction of sp³-hybridized carbons (Fsp3) is 0.0833. The lowest BCUT2D eigenvalue weighted by Gasteiger charge is -2.04. The molecule has 0 amide bonds. The summed E-state index contributed by atoms with van der Waals surface area (Å²) in [5.74, 6) is 0.974. The van der Waals surface area contributed by atoms with E-state index in [0.717, 1.165) is 22.4 Å². The van der Waals surface area contributed by atoms with Crippen LogP contribution in [0.1, 0.15) is 0 Å². The molecule has 0 aliphatic heterocycles. The molecule has 0 N–H and O–H groups in total. The van der Waals surface area contributed by atoms with E-state index < -0.39 is 0 Å². The summed E-state index contributed by atoms with van der Waals surface area (Å²) in [5.41, 5.74) is 1.12. The molecule has 0 aliphatic rings. The number of hydrogen-bond donors (Lipinski definition) is 0. The number of hydrogen-bond acceptors (Lipinski definition) is 1. The summed E-state index contributed by atoms with van der Waals surface area (Å²) >= 11 is 3.41. The van der Waals surface area contributed by atoms with Gasteiger partial charge in [-0.05, 0) is 12.1 Å². The van der Waals surface area contributed by atoms with Crippen LogP contribution < -0.4 is 0 Å². The van der Waals surface area contributed by atoms with Gasteiger partial charge in [-0.1, -0.05) is 34.1 Å². The molecule has 1 heterocycles. The number of imidazole rings is 1. The van der Waals surface area contributed by atoms with Gasteiger partial charge in [0.2, 0.25) is 0 Å². The Hall–Kier alpha value is -1.35. The Morgan fingerprint density at radius 2 is 2.07 bits per heavy atom. The summed E-state index contributed by atoms with van der Waals surface area (Å²) in [4.78, 5) is 4.33. The van der Waals surface area contributed by atoms with Gasteiger partial charge in [-0.3, -0.25) is 0 Å². The molecule has 1 aromatic carbocycles. The SMILES string of the molecule is C=CCn1ccnc1-c1ccc(Br)cc1. The standard InChI is InChI=1S/C12H11BrN2/c1-2-8-15-9-7-14-12(15)10-3-5-11(13)6-4-10/h2-7,9H,1,8H2. The van der Waals surface area contributed by atoms with Gasteiger partial charge >= 0.3 is 0 Å². The Bertz CT molecular complexity index is 457. The molecule has 0 saturated carbocycles. The smallest absolute Gasteiger partial charge is 0.140 e. The fourth-order valence-corrected chi connectivity index (χ4v) is 1.72. The van der Waals surface area contributed by atoms with Crippen LogP contribution in [0.5, 0.6) is 0 Å². The van der Waals surface area contributed by atoms with E-state index in [9.17, 15) is 0 Å². The largest absolute Gasteiger partial charge is 0.327 e. The molecule has 3 heteroatoms. The van der Waals surface area contributed by atoms with Crippen LogP contribution in [0.4, 0.5) is 0 Å². The first-order valence-corrected chi connectivity index (χ1v) is 5.48. The second-order valence-corrected chi connectivity index (χ2v) is 4.11. The third-order valence-corrected chi connectivity index (χ3v) is 2.67. The molecule has 0 saturated heterocycles. The zero-order valence-electron chi connectivity index (χ0n) is 8.23. The van der Waals surface area contributed by atoms with Crippen LogP contribution in [0.15, 0.2) is 53.8 Å². The Morgan fingerprint density at radius 3 is 2.73 bits per heavy atom. The molecule has 76 valence electrons. The van der Waals surface area contributed by atoms with E-state index in [0.29, 0.717) is 0 Å². The maximum atomic E-state index is 4.33. The first-order valence-electron chi connectivity index (χ1n) is 4.69. The van der Waals surface area contributed by atoms with Crippen LogP contribution in [0.25, 0.3) is 11.4 Å². The summed E-state index contributed by atoms with van der Waals surface area (Å²) in [5, 5.41) is 0. The van der Waals surface area contributed by atoms with Crippen molar-refractivity contribution in [3.63, 3.8) is 0 Å². The molecule has 2 rings (SSSR count).